The van der Waals surface area contributed by atoms with Crippen molar-refractivity contribution >= 4 is 28.2 Å². The molecule has 0 saturated carbocycles. The van der Waals surface area contributed by atoms with Crippen LogP contribution in [0.4, 0.5) is 0 Å². The lowest BCUT2D eigenvalue weighted by atomic mass is 10.1. The zero-order valence-corrected chi connectivity index (χ0v) is 18.8. The fraction of sp³-hybridized carbons (Fsp3) is 0.565. The van der Waals surface area contributed by atoms with Gasteiger partial charge in [-0.15, -0.1) is 4.31 Å². The Balaban J connectivity index is 1.50. The number of carbonyl (C=O) groups excluding carboxylic acids is 1. The summed E-state index contributed by atoms with van der Waals surface area (Å²) in [7, 11) is 0. The number of hydrogen-bond donors (Lipinski definition) is 2. The van der Waals surface area contributed by atoms with Crippen LogP contribution in [0.25, 0.3) is 10.9 Å². The molecule has 2 aliphatic heterocycles. The van der Waals surface area contributed by atoms with Crippen molar-refractivity contribution in [2.24, 2.45) is 0 Å². The lowest BCUT2D eigenvalue weighted by Gasteiger charge is -2.27. The quantitative estimate of drug-likeness (QED) is 0.669. The fourth-order valence-electron chi connectivity index (χ4n) is 4.49. The molecule has 7 nitrogen and oxygen atoms in total. The molecule has 2 N–H and O–H groups in total. The number of benzene rings is 1. The molecule has 1 aromatic heterocycles. The predicted molar refractivity (Wildman–Crippen MR) is 124 cm³/mol. The standard InChI is InChI=1S/C23H32N4O3S/c28-22-17-20(23(29)24-10-15-26-11-4-1-2-5-12-26)19-16-18(8-9-21(19)25-22)31(30)27-13-6-3-7-14-27/h8-9,16-17H,1-7,10-15H2,(H,24,29)(H,25,28). The average molecular weight is 445 g/mol. The third kappa shape index (κ3) is 5.68. The summed E-state index contributed by atoms with van der Waals surface area (Å²) in [5.41, 5.74) is 0.617. The molecule has 1 unspecified atom stereocenters. The smallest absolute Gasteiger partial charge is 0.252 e. The zero-order chi connectivity index (χ0) is 21.6. The lowest BCUT2D eigenvalue weighted by molar-refractivity contribution is 0.0950. The highest BCUT2D eigenvalue weighted by Crippen LogP contribution is 2.25. The van der Waals surface area contributed by atoms with Crippen molar-refractivity contribution in [2.75, 3.05) is 39.3 Å². The molecule has 4 rings (SSSR count). The van der Waals surface area contributed by atoms with Gasteiger partial charge in [0.15, 0.2) is 4.90 Å². The van der Waals surface area contributed by atoms with Crippen LogP contribution in [-0.2, 0) is 11.4 Å². The Morgan fingerprint density at radius 3 is 2.42 bits per heavy atom. The van der Waals surface area contributed by atoms with E-state index in [0.717, 1.165) is 45.6 Å². The number of aromatic amines is 1. The monoisotopic (exact) mass is 444 g/mol. The van der Waals surface area contributed by atoms with Gasteiger partial charge in [0.2, 0.25) is 5.56 Å². The molecule has 8 heteroatoms. The molecular formula is C23H32N4O3S. The Hall–Kier alpha value is -1.87. The first kappa shape index (κ1) is 22.3. The van der Waals surface area contributed by atoms with Gasteiger partial charge in [-0.3, -0.25) is 9.59 Å². The minimum atomic E-state index is -1.26. The van der Waals surface area contributed by atoms with Gasteiger partial charge in [0.25, 0.3) is 5.91 Å². The van der Waals surface area contributed by atoms with E-state index in [9.17, 15) is 14.1 Å². The van der Waals surface area contributed by atoms with E-state index in [1.54, 1.807) is 18.2 Å². The lowest BCUT2D eigenvalue weighted by Crippen LogP contribution is -2.36. The van der Waals surface area contributed by atoms with Crippen LogP contribution in [0.15, 0.2) is 34.0 Å². The van der Waals surface area contributed by atoms with Gasteiger partial charge in [-0.05, 0) is 50.9 Å². The van der Waals surface area contributed by atoms with Gasteiger partial charge in [0.1, 0.15) is 0 Å². The molecule has 2 aromatic rings. The average Bonchev–Trinajstić information content (AvgIpc) is 3.07. The van der Waals surface area contributed by atoms with Crippen molar-refractivity contribution in [3.63, 3.8) is 0 Å². The number of carbonyl (C=O) groups is 1. The van der Waals surface area contributed by atoms with Crippen LogP contribution in [0.2, 0.25) is 0 Å². The number of nitrogens with zero attached hydrogens (tertiary/aromatic N) is 2. The molecule has 1 atom stereocenters. The van der Waals surface area contributed by atoms with Crippen molar-refractivity contribution in [3.05, 3.63) is 40.2 Å². The fourth-order valence-corrected chi connectivity index (χ4v) is 5.78. The first-order valence-electron chi connectivity index (χ1n) is 11.5. The maximum Gasteiger partial charge on any atom is 0.252 e. The summed E-state index contributed by atoms with van der Waals surface area (Å²) in [6.45, 7) is 5.16. The maximum absolute atomic E-state index is 13.0. The van der Waals surface area contributed by atoms with Crippen LogP contribution in [0, 0.1) is 0 Å². The molecule has 0 bridgehead atoms. The molecular weight excluding hydrogens is 412 g/mol. The summed E-state index contributed by atoms with van der Waals surface area (Å²) in [6, 6.07) is 6.67. The van der Waals surface area contributed by atoms with Gasteiger partial charge in [0, 0.05) is 49.2 Å². The van der Waals surface area contributed by atoms with Gasteiger partial charge >= 0.3 is 0 Å². The Morgan fingerprint density at radius 2 is 1.68 bits per heavy atom. The predicted octanol–water partition coefficient (Wildman–Crippen LogP) is 2.64. The van der Waals surface area contributed by atoms with Crippen molar-refractivity contribution in [2.45, 2.75) is 49.8 Å². The molecule has 0 radical (unpaired) electrons. The second-order valence-electron chi connectivity index (χ2n) is 8.51. The minimum Gasteiger partial charge on any atom is -0.593 e. The Kier molecular flexibility index (Phi) is 7.66. The van der Waals surface area contributed by atoms with Crippen LogP contribution >= 0.6 is 0 Å². The summed E-state index contributed by atoms with van der Waals surface area (Å²) in [5.74, 6) is -0.258. The van der Waals surface area contributed by atoms with Crippen molar-refractivity contribution in [3.8, 4) is 0 Å². The van der Waals surface area contributed by atoms with Gasteiger partial charge < -0.3 is 19.8 Å². The molecule has 2 saturated heterocycles. The number of nitrogens with one attached hydrogen (secondary N) is 2. The van der Waals surface area contributed by atoms with E-state index >= 15 is 0 Å². The number of pyridine rings is 1. The largest absolute Gasteiger partial charge is 0.593 e. The van der Waals surface area contributed by atoms with Gasteiger partial charge in [-0.1, -0.05) is 19.3 Å². The first-order chi connectivity index (χ1) is 15.1. The molecule has 168 valence electrons. The number of piperidine rings is 1. The van der Waals surface area contributed by atoms with Gasteiger partial charge in [-0.2, -0.15) is 0 Å². The SMILES string of the molecule is O=C(NCCN1CCCCCC1)c1cc(=O)[nH]c2ccc([S+]([O-])N3CCCCC3)cc12. The molecule has 31 heavy (non-hydrogen) atoms. The summed E-state index contributed by atoms with van der Waals surface area (Å²) in [4.78, 5) is 30.9. The Bertz CT molecular complexity index is 949. The Labute approximate surface area is 186 Å². The minimum absolute atomic E-state index is 0.258. The molecule has 3 heterocycles. The topological polar surface area (TPSA) is 91.5 Å². The number of likely N-dealkylation sites (tertiary alicyclic amines) is 1. The molecule has 1 amide bonds. The molecule has 0 aliphatic carbocycles. The van der Waals surface area contributed by atoms with E-state index in [1.807, 2.05) is 4.31 Å². The van der Waals surface area contributed by atoms with E-state index in [-0.39, 0.29) is 11.5 Å². The van der Waals surface area contributed by atoms with E-state index in [2.05, 4.69) is 15.2 Å². The third-order valence-electron chi connectivity index (χ3n) is 6.22. The second kappa shape index (κ2) is 10.6. The highest BCUT2D eigenvalue weighted by Gasteiger charge is 2.25. The summed E-state index contributed by atoms with van der Waals surface area (Å²) in [5, 5.41) is 3.61. The maximum atomic E-state index is 13.0. The number of fused-ring (bicyclic) bond motifs is 1. The summed E-state index contributed by atoms with van der Waals surface area (Å²) in [6.07, 6.45) is 8.27. The van der Waals surface area contributed by atoms with E-state index < -0.39 is 11.4 Å². The molecule has 2 fully saturated rings. The second-order valence-corrected chi connectivity index (χ2v) is 9.99. The third-order valence-corrected chi connectivity index (χ3v) is 7.71. The van der Waals surface area contributed by atoms with Crippen LogP contribution in [-0.4, -0.2) is 63.9 Å². The van der Waals surface area contributed by atoms with E-state index in [4.69, 9.17) is 0 Å². The highest BCUT2D eigenvalue weighted by molar-refractivity contribution is 7.89. The summed E-state index contributed by atoms with van der Waals surface area (Å²) < 4.78 is 15.0. The van der Waals surface area contributed by atoms with E-state index in [0.29, 0.717) is 27.9 Å². The van der Waals surface area contributed by atoms with Gasteiger partial charge in [-0.25, -0.2) is 0 Å². The highest BCUT2D eigenvalue weighted by atomic mass is 32.2. The first-order valence-corrected chi connectivity index (χ1v) is 12.6. The molecule has 0 spiro atoms. The number of amides is 1. The van der Waals surface area contributed by atoms with Crippen LogP contribution in [0.1, 0.15) is 55.3 Å². The molecule has 1 aromatic carbocycles. The number of H-pyrrole nitrogens is 1. The van der Waals surface area contributed by atoms with Crippen LogP contribution in [0.5, 0.6) is 0 Å². The number of rotatable bonds is 6. The molecule has 2 aliphatic rings. The van der Waals surface area contributed by atoms with Crippen molar-refractivity contribution in [1.29, 1.82) is 0 Å². The normalized spacial score (nSPS) is 19.8. The van der Waals surface area contributed by atoms with Gasteiger partial charge in [0.05, 0.1) is 16.9 Å². The Morgan fingerprint density at radius 1 is 1.00 bits per heavy atom. The number of aromatic nitrogens is 1. The van der Waals surface area contributed by atoms with Crippen LogP contribution < -0.4 is 10.9 Å². The van der Waals surface area contributed by atoms with Crippen molar-refractivity contribution < 1.29 is 9.35 Å². The summed E-state index contributed by atoms with van der Waals surface area (Å²) >= 11 is -1.26. The van der Waals surface area contributed by atoms with Crippen LogP contribution in [0.3, 0.4) is 0 Å². The number of hydrogen-bond acceptors (Lipinski definition) is 5. The zero-order valence-electron chi connectivity index (χ0n) is 18.0. The van der Waals surface area contributed by atoms with E-state index in [1.165, 1.54) is 38.2 Å². The van der Waals surface area contributed by atoms with Crippen molar-refractivity contribution in [1.82, 2.24) is 19.5 Å².